The van der Waals surface area contributed by atoms with Crippen LogP contribution < -0.4 is 5.73 Å². The molecule has 0 heterocycles. The van der Waals surface area contributed by atoms with E-state index >= 15 is 0 Å². The molecule has 0 aromatic rings. The van der Waals surface area contributed by atoms with Gasteiger partial charge in [-0.05, 0) is 31.1 Å². The molecule has 94 valence electrons. The van der Waals surface area contributed by atoms with Crippen LogP contribution >= 0.6 is 0 Å². The molecule has 0 aliphatic carbocycles. The molecule has 2 unspecified atom stereocenters. The van der Waals surface area contributed by atoms with E-state index in [1.807, 2.05) is 6.92 Å². The number of nitrogens with two attached hydrogens (primary N) is 1. The summed E-state index contributed by atoms with van der Waals surface area (Å²) >= 11 is 0. The molecule has 6 heteroatoms. The van der Waals surface area contributed by atoms with E-state index in [0.717, 1.165) is 19.3 Å². The second-order valence-corrected chi connectivity index (χ2v) is 4.44. The fourth-order valence-electron chi connectivity index (χ4n) is 1.65. The van der Waals surface area contributed by atoms with Crippen LogP contribution in [0.5, 0.6) is 0 Å². The molecule has 0 saturated carbocycles. The van der Waals surface area contributed by atoms with Gasteiger partial charge in [0, 0.05) is 6.42 Å². The van der Waals surface area contributed by atoms with Crippen LogP contribution in [0.4, 0.5) is 0 Å². The SMILES string of the molecule is CC(CCB(O)O)CCC(CN)CC(=O)O. The number of hydrogen-bond donors (Lipinski definition) is 4. The first-order valence-electron chi connectivity index (χ1n) is 5.73. The highest BCUT2D eigenvalue weighted by Crippen LogP contribution is 2.18. The summed E-state index contributed by atoms with van der Waals surface area (Å²) in [5.74, 6) is -0.419. The van der Waals surface area contributed by atoms with Gasteiger partial charge in [-0.2, -0.15) is 0 Å². The van der Waals surface area contributed by atoms with Crippen molar-refractivity contribution in [1.82, 2.24) is 0 Å². The van der Waals surface area contributed by atoms with Gasteiger partial charge in [0.1, 0.15) is 0 Å². The molecule has 0 spiro atoms. The van der Waals surface area contributed by atoms with Crippen LogP contribution in [0.1, 0.15) is 32.6 Å². The van der Waals surface area contributed by atoms with Crippen molar-refractivity contribution in [3.05, 3.63) is 0 Å². The normalized spacial score (nSPS) is 14.5. The summed E-state index contributed by atoms with van der Waals surface area (Å²) in [5.41, 5.74) is 5.49. The quantitative estimate of drug-likeness (QED) is 0.428. The minimum absolute atomic E-state index is 0.0269. The molecule has 16 heavy (non-hydrogen) atoms. The maximum Gasteiger partial charge on any atom is 0.451 e. The lowest BCUT2D eigenvalue weighted by atomic mass is 9.80. The largest absolute Gasteiger partial charge is 0.481 e. The van der Waals surface area contributed by atoms with Crippen molar-refractivity contribution in [2.45, 2.75) is 38.9 Å². The number of carboxylic acids is 1. The van der Waals surface area contributed by atoms with Gasteiger partial charge in [0.15, 0.2) is 0 Å². The van der Waals surface area contributed by atoms with Crippen LogP contribution in [0.25, 0.3) is 0 Å². The highest BCUT2D eigenvalue weighted by Gasteiger charge is 2.14. The van der Waals surface area contributed by atoms with E-state index in [4.69, 9.17) is 20.9 Å². The summed E-state index contributed by atoms with van der Waals surface area (Å²) in [6.07, 6.45) is 2.88. The Morgan fingerprint density at radius 2 is 1.94 bits per heavy atom. The predicted octanol–water partition coefficient (Wildman–Crippen LogP) is 0.315. The Morgan fingerprint density at radius 1 is 1.31 bits per heavy atom. The third-order valence-electron chi connectivity index (χ3n) is 2.78. The Labute approximate surface area is 96.8 Å². The average molecular weight is 231 g/mol. The van der Waals surface area contributed by atoms with E-state index in [9.17, 15) is 4.79 Å². The fraction of sp³-hybridized carbons (Fsp3) is 0.900. The zero-order valence-electron chi connectivity index (χ0n) is 9.80. The second-order valence-electron chi connectivity index (χ2n) is 4.44. The van der Waals surface area contributed by atoms with Crippen LogP contribution in [0, 0.1) is 11.8 Å². The molecule has 0 fully saturated rings. The highest BCUT2D eigenvalue weighted by atomic mass is 16.4. The standard InChI is InChI=1S/C10H22BNO4/c1-8(4-5-11(15)16)2-3-9(7-12)6-10(13)14/h8-9,15-16H,2-7,12H2,1H3,(H,13,14). The van der Waals surface area contributed by atoms with Gasteiger partial charge in [-0.15, -0.1) is 0 Å². The first-order chi connectivity index (χ1) is 7.45. The van der Waals surface area contributed by atoms with E-state index in [1.165, 1.54) is 0 Å². The molecule has 0 aliphatic rings. The van der Waals surface area contributed by atoms with Crippen molar-refractivity contribution in [3.63, 3.8) is 0 Å². The number of hydrogen-bond acceptors (Lipinski definition) is 4. The number of aliphatic carboxylic acids is 1. The number of rotatable bonds is 9. The van der Waals surface area contributed by atoms with Gasteiger partial charge in [0.2, 0.25) is 0 Å². The fourth-order valence-corrected chi connectivity index (χ4v) is 1.65. The van der Waals surface area contributed by atoms with Gasteiger partial charge < -0.3 is 20.9 Å². The zero-order chi connectivity index (χ0) is 12.6. The van der Waals surface area contributed by atoms with E-state index in [2.05, 4.69) is 0 Å². The third kappa shape index (κ3) is 8.70. The summed E-state index contributed by atoms with van der Waals surface area (Å²) in [4.78, 5) is 10.5. The van der Waals surface area contributed by atoms with Crippen LogP contribution in [-0.4, -0.2) is 34.8 Å². The molecule has 0 aromatic heterocycles. The van der Waals surface area contributed by atoms with Crippen LogP contribution in [0.15, 0.2) is 0 Å². The summed E-state index contributed by atoms with van der Waals surface area (Å²) in [6.45, 7) is 2.42. The lowest BCUT2D eigenvalue weighted by Gasteiger charge is -2.16. The molecule has 0 amide bonds. The summed E-state index contributed by atoms with van der Waals surface area (Å²) in [6, 6.07) is 0. The lowest BCUT2D eigenvalue weighted by molar-refractivity contribution is -0.138. The van der Waals surface area contributed by atoms with Crippen LogP contribution in [0.2, 0.25) is 6.32 Å². The first kappa shape index (κ1) is 15.4. The van der Waals surface area contributed by atoms with E-state index in [1.54, 1.807) is 0 Å². The van der Waals surface area contributed by atoms with Gasteiger partial charge in [-0.1, -0.05) is 19.8 Å². The molecule has 5 nitrogen and oxygen atoms in total. The maximum absolute atomic E-state index is 10.5. The molecule has 0 radical (unpaired) electrons. The monoisotopic (exact) mass is 231 g/mol. The van der Waals surface area contributed by atoms with Crippen molar-refractivity contribution in [1.29, 1.82) is 0 Å². The Kier molecular flexibility index (Phi) is 8.24. The summed E-state index contributed by atoms with van der Waals surface area (Å²) in [7, 11) is -1.24. The second kappa shape index (κ2) is 8.55. The third-order valence-corrected chi connectivity index (χ3v) is 2.78. The molecule has 5 N–H and O–H groups in total. The van der Waals surface area contributed by atoms with Gasteiger partial charge in [0.25, 0.3) is 0 Å². The predicted molar refractivity (Wildman–Crippen MR) is 62.8 cm³/mol. The van der Waals surface area contributed by atoms with Crippen molar-refractivity contribution >= 4 is 13.1 Å². The van der Waals surface area contributed by atoms with Gasteiger partial charge in [-0.3, -0.25) is 4.79 Å². The van der Waals surface area contributed by atoms with Gasteiger partial charge in [-0.25, -0.2) is 0 Å². The van der Waals surface area contributed by atoms with E-state index in [0.29, 0.717) is 18.8 Å². The van der Waals surface area contributed by atoms with Crippen LogP contribution in [-0.2, 0) is 4.79 Å². The minimum Gasteiger partial charge on any atom is -0.481 e. The Balaban J connectivity index is 3.70. The Bertz CT molecular complexity index is 201. The molecule has 0 rings (SSSR count). The molecule has 0 saturated heterocycles. The smallest absolute Gasteiger partial charge is 0.451 e. The van der Waals surface area contributed by atoms with Gasteiger partial charge in [0.05, 0.1) is 0 Å². The van der Waals surface area contributed by atoms with Gasteiger partial charge >= 0.3 is 13.1 Å². The zero-order valence-corrected chi connectivity index (χ0v) is 9.80. The maximum atomic E-state index is 10.5. The molecule has 0 aromatic carbocycles. The van der Waals surface area contributed by atoms with Crippen molar-refractivity contribution in [3.8, 4) is 0 Å². The summed E-state index contributed by atoms with van der Waals surface area (Å²) < 4.78 is 0. The van der Waals surface area contributed by atoms with Crippen molar-refractivity contribution in [2.24, 2.45) is 17.6 Å². The first-order valence-corrected chi connectivity index (χ1v) is 5.73. The molecular weight excluding hydrogens is 209 g/mol. The van der Waals surface area contributed by atoms with Crippen molar-refractivity contribution in [2.75, 3.05) is 6.54 Å². The van der Waals surface area contributed by atoms with Crippen molar-refractivity contribution < 1.29 is 19.9 Å². The van der Waals surface area contributed by atoms with E-state index in [-0.39, 0.29) is 12.3 Å². The summed E-state index contributed by atoms with van der Waals surface area (Å²) in [5, 5.41) is 26.0. The number of carboxylic acid groups (broad SMARTS) is 1. The average Bonchev–Trinajstić information content (AvgIpc) is 2.20. The Hall–Kier alpha value is -0.585. The topological polar surface area (TPSA) is 104 Å². The number of carbonyl (C=O) groups is 1. The van der Waals surface area contributed by atoms with Crippen LogP contribution in [0.3, 0.4) is 0 Å². The molecule has 0 aliphatic heterocycles. The molecule has 0 bridgehead atoms. The lowest BCUT2D eigenvalue weighted by Crippen LogP contribution is -2.19. The minimum atomic E-state index is -1.24. The van der Waals surface area contributed by atoms with E-state index < -0.39 is 13.1 Å². The molecule has 2 atom stereocenters. The highest BCUT2D eigenvalue weighted by molar-refractivity contribution is 6.40. The Morgan fingerprint density at radius 3 is 2.38 bits per heavy atom. The molecular formula is C10H22BNO4.